The number of anilines is 1. The monoisotopic (exact) mass is 381 g/mol. The van der Waals surface area contributed by atoms with Crippen LogP contribution in [0.4, 0.5) is 5.69 Å². The smallest absolute Gasteiger partial charge is 0.248 e. The highest BCUT2D eigenvalue weighted by molar-refractivity contribution is 7.89. The Morgan fingerprint density at radius 2 is 1.81 bits per heavy atom. The van der Waals surface area contributed by atoms with Crippen LogP contribution in [0.3, 0.4) is 0 Å². The summed E-state index contributed by atoms with van der Waals surface area (Å²) >= 11 is 0. The SMILES string of the molecule is CNS(=O)(=O)c1ccc(/C=C/C(=O)Nc2ccc(C)c3ncccc23)cc1. The minimum absolute atomic E-state index is 0.172. The van der Waals surface area contributed by atoms with Gasteiger partial charge in [-0.2, -0.15) is 0 Å². The van der Waals surface area contributed by atoms with E-state index in [1.54, 1.807) is 24.4 Å². The molecule has 0 aliphatic carbocycles. The zero-order valence-electron chi connectivity index (χ0n) is 14.9. The molecule has 0 spiro atoms. The Hall–Kier alpha value is -3.03. The Bertz CT molecular complexity index is 1120. The zero-order chi connectivity index (χ0) is 19.4. The molecule has 0 saturated carbocycles. The average Bonchev–Trinajstić information content (AvgIpc) is 2.69. The van der Waals surface area contributed by atoms with Crippen molar-refractivity contribution in [3.63, 3.8) is 0 Å². The van der Waals surface area contributed by atoms with Crippen molar-refractivity contribution in [3.8, 4) is 0 Å². The third-order valence-electron chi connectivity index (χ3n) is 4.12. The minimum Gasteiger partial charge on any atom is -0.322 e. The number of hydrogen-bond donors (Lipinski definition) is 2. The molecule has 0 saturated heterocycles. The van der Waals surface area contributed by atoms with Crippen LogP contribution in [-0.2, 0) is 14.8 Å². The molecular weight excluding hydrogens is 362 g/mol. The largest absolute Gasteiger partial charge is 0.322 e. The lowest BCUT2D eigenvalue weighted by atomic mass is 10.1. The van der Waals surface area contributed by atoms with Crippen LogP contribution in [0.15, 0.2) is 65.7 Å². The highest BCUT2D eigenvalue weighted by Crippen LogP contribution is 2.24. The number of carbonyl (C=O) groups excluding carboxylic acids is 1. The molecule has 0 aliphatic heterocycles. The summed E-state index contributed by atoms with van der Waals surface area (Å²) in [4.78, 5) is 16.8. The van der Waals surface area contributed by atoms with Crippen LogP contribution in [0.1, 0.15) is 11.1 Å². The third kappa shape index (κ3) is 4.21. The maximum atomic E-state index is 12.3. The van der Waals surface area contributed by atoms with Gasteiger partial charge in [0, 0.05) is 17.7 Å². The van der Waals surface area contributed by atoms with Crippen molar-refractivity contribution in [2.45, 2.75) is 11.8 Å². The fourth-order valence-electron chi connectivity index (χ4n) is 2.65. The van der Waals surface area contributed by atoms with Gasteiger partial charge in [0.05, 0.1) is 16.1 Å². The van der Waals surface area contributed by atoms with Gasteiger partial charge < -0.3 is 5.32 Å². The van der Waals surface area contributed by atoms with Crippen LogP contribution in [0.2, 0.25) is 0 Å². The number of nitrogens with zero attached hydrogens (tertiary/aromatic N) is 1. The minimum atomic E-state index is -3.47. The van der Waals surface area contributed by atoms with E-state index in [4.69, 9.17) is 0 Å². The predicted octanol–water partition coefficient (Wildman–Crippen LogP) is 3.10. The van der Waals surface area contributed by atoms with Gasteiger partial charge in [-0.1, -0.05) is 18.2 Å². The molecule has 3 aromatic rings. The van der Waals surface area contributed by atoms with E-state index in [0.29, 0.717) is 5.69 Å². The van der Waals surface area contributed by atoms with Crippen LogP contribution in [0.5, 0.6) is 0 Å². The number of carbonyl (C=O) groups is 1. The molecule has 0 aliphatic rings. The van der Waals surface area contributed by atoms with Crippen LogP contribution >= 0.6 is 0 Å². The van der Waals surface area contributed by atoms with Gasteiger partial charge in [-0.25, -0.2) is 13.1 Å². The van der Waals surface area contributed by atoms with Crippen molar-refractivity contribution in [1.29, 1.82) is 0 Å². The number of nitrogens with one attached hydrogen (secondary N) is 2. The molecule has 138 valence electrons. The summed E-state index contributed by atoms with van der Waals surface area (Å²) in [6.07, 6.45) is 4.75. The Kier molecular flexibility index (Phi) is 5.34. The number of rotatable bonds is 5. The van der Waals surface area contributed by atoms with E-state index in [2.05, 4.69) is 15.0 Å². The van der Waals surface area contributed by atoms with Gasteiger partial charge >= 0.3 is 0 Å². The van der Waals surface area contributed by atoms with Crippen molar-refractivity contribution in [2.75, 3.05) is 12.4 Å². The number of pyridine rings is 1. The topological polar surface area (TPSA) is 88.2 Å². The highest BCUT2D eigenvalue weighted by atomic mass is 32.2. The van der Waals surface area contributed by atoms with E-state index in [1.165, 1.54) is 25.3 Å². The first-order valence-electron chi connectivity index (χ1n) is 8.28. The van der Waals surface area contributed by atoms with Crippen LogP contribution in [-0.4, -0.2) is 26.4 Å². The first-order valence-corrected chi connectivity index (χ1v) is 9.76. The standard InChI is InChI=1S/C20H19N3O3S/c1-14-5-11-18(17-4-3-13-22-20(14)17)23-19(24)12-8-15-6-9-16(10-7-15)27(25,26)21-2/h3-13,21H,1-2H3,(H,23,24)/b12-8+. The summed E-state index contributed by atoms with van der Waals surface area (Å²) in [5.41, 5.74) is 3.29. The van der Waals surface area contributed by atoms with Gasteiger partial charge in [-0.15, -0.1) is 0 Å². The van der Waals surface area contributed by atoms with Crippen LogP contribution in [0.25, 0.3) is 17.0 Å². The first kappa shape index (κ1) is 18.8. The number of hydrogen-bond acceptors (Lipinski definition) is 4. The van der Waals surface area contributed by atoms with E-state index >= 15 is 0 Å². The quantitative estimate of drug-likeness (QED) is 0.665. The molecule has 27 heavy (non-hydrogen) atoms. The van der Waals surface area contributed by atoms with Gasteiger partial charge in [0.2, 0.25) is 15.9 Å². The highest BCUT2D eigenvalue weighted by Gasteiger charge is 2.10. The molecule has 3 rings (SSSR count). The normalized spacial score (nSPS) is 11.8. The molecule has 1 amide bonds. The number of benzene rings is 2. The second kappa shape index (κ2) is 7.69. The number of aromatic nitrogens is 1. The average molecular weight is 381 g/mol. The van der Waals surface area contributed by atoms with Crippen molar-refractivity contribution in [2.24, 2.45) is 0 Å². The summed E-state index contributed by atoms with van der Waals surface area (Å²) in [6.45, 7) is 1.97. The van der Waals surface area contributed by atoms with E-state index in [1.807, 2.05) is 31.2 Å². The zero-order valence-corrected chi connectivity index (χ0v) is 15.7. The Morgan fingerprint density at radius 1 is 1.07 bits per heavy atom. The van der Waals surface area contributed by atoms with Gasteiger partial charge in [-0.05, 0) is 61.5 Å². The fraction of sp³-hybridized carbons (Fsp3) is 0.100. The number of aryl methyl sites for hydroxylation is 1. The second-order valence-electron chi connectivity index (χ2n) is 5.93. The maximum Gasteiger partial charge on any atom is 0.248 e. The molecule has 2 N–H and O–H groups in total. The van der Waals surface area contributed by atoms with Crippen LogP contribution in [0, 0.1) is 6.92 Å². The van der Waals surface area contributed by atoms with E-state index in [9.17, 15) is 13.2 Å². The molecule has 6 nitrogen and oxygen atoms in total. The lowest BCUT2D eigenvalue weighted by molar-refractivity contribution is -0.111. The van der Waals surface area contributed by atoms with Gasteiger partial charge in [0.15, 0.2) is 0 Å². The Labute approximate surface area is 158 Å². The number of sulfonamides is 1. The van der Waals surface area contributed by atoms with E-state index < -0.39 is 10.0 Å². The second-order valence-corrected chi connectivity index (χ2v) is 7.82. The summed E-state index contributed by atoms with van der Waals surface area (Å²) in [6, 6.07) is 13.8. The van der Waals surface area contributed by atoms with Crippen molar-refractivity contribution >= 4 is 38.6 Å². The molecular formula is C20H19N3O3S. The lowest BCUT2D eigenvalue weighted by Crippen LogP contribution is -2.18. The Balaban J connectivity index is 1.76. The number of fused-ring (bicyclic) bond motifs is 1. The van der Waals surface area contributed by atoms with Crippen LogP contribution < -0.4 is 10.0 Å². The molecule has 0 bridgehead atoms. The Morgan fingerprint density at radius 3 is 2.52 bits per heavy atom. The molecule has 0 radical (unpaired) electrons. The molecule has 1 aromatic heterocycles. The molecule has 0 atom stereocenters. The number of amides is 1. The molecule has 7 heteroatoms. The summed E-state index contributed by atoms with van der Waals surface area (Å²) < 4.78 is 25.7. The van der Waals surface area contributed by atoms with Crippen molar-refractivity contribution < 1.29 is 13.2 Å². The maximum absolute atomic E-state index is 12.3. The fourth-order valence-corrected chi connectivity index (χ4v) is 3.38. The molecule has 1 heterocycles. The van der Waals surface area contributed by atoms with Crippen molar-refractivity contribution in [3.05, 3.63) is 71.9 Å². The van der Waals surface area contributed by atoms with Crippen molar-refractivity contribution in [1.82, 2.24) is 9.71 Å². The van der Waals surface area contributed by atoms with E-state index in [-0.39, 0.29) is 10.8 Å². The molecule has 0 fully saturated rings. The third-order valence-corrected chi connectivity index (χ3v) is 5.55. The van der Waals surface area contributed by atoms with Gasteiger partial charge in [0.25, 0.3) is 0 Å². The molecule has 2 aromatic carbocycles. The molecule has 0 unspecified atom stereocenters. The summed E-state index contributed by atoms with van der Waals surface area (Å²) in [5, 5.41) is 3.73. The van der Waals surface area contributed by atoms with Gasteiger partial charge in [0.1, 0.15) is 0 Å². The summed E-state index contributed by atoms with van der Waals surface area (Å²) in [5.74, 6) is -0.282. The van der Waals surface area contributed by atoms with Gasteiger partial charge in [-0.3, -0.25) is 9.78 Å². The van der Waals surface area contributed by atoms with E-state index in [0.717, 1.165) is 22.0 Å². The first-order chi connectivity index (χ1) is 12.9. The lowest BCUT2D eigenvalue weighted by Gasteiger charge is -2.08. The summed E-state index contributed by atoms with van der Waals surface area (Å²) in [7, 11) is -2.11. The predicted molar refractivity (Wildman–Crippen MR) is 107 cm³/mol.